The fraction of sp³-hybridized carbons (Fsp3) is 0.0714. The monoisotopic (exact) mass is 237 g/mol. The highest BCUT2D eigenvalue weighted by molar-refractivity contribution is 5.86. The molecule has 1 amide bonds. The van der Waals surface area contributed by atoms with Crippen LogP contribution in [0.15, 0.2) is 64.6 Å². The lowest BCUT2D eigenvalue weighted by Crippen LogP contribution is -2.37. The first-order valence-corrected chi connectivity index (χ1v) is 5.63. The van der Waals surface area contributed by atoms with Crippen molar-refractivity contribution in [2.24, 2.45) is 15.7 Å². The lowest BCUT2D eigenvalue weighted by molar-refractivity contribution is -0.123. The molecule has 0 saturated carbocycles. The summed E-state index contributed by atoms with van der Waals surface area (Å²) in [4.78, 5) is 20.7. The molecule has 0 saturated heterocycles. The number of carbonyl (C=O) groups is 1. The summed E-state index contributed by atoms with van der Waals surface area (Å²) >= 11 is 0. The number of rotatable bonds is 2. The number of fused-ring (bicyclic) bond motifs is 1. The van der Waals surface area contributed by atoms with Gasteiger partial charge in [0, 0.05) is 5.56 Å². The molecular formula is C14H11N3O. The van der Waals surface area contributed by atoms with Gasteiger partial charge < -0.3 is 5.73 Å². The zero-order valence-electron chi connectivity index (χ0n) is 9.58. The molecule has 3 rings (SSSR count). The first-order chi connectivity index (χ1) is 8.72. The van der Waals surface area contributed by atoms with E-state index in [2.05, 4.69) is 9.98 Å². The predicted molar refractivity (Wildman–Crippen MR) is 66.1 cm³/mol. The molecule has 4 heteroatoms. The lowest BCUT2D eigenvalue weighted by atomic mass is 10.0. The molecule has 2 aromatic rings. The van der Waals surface area contributed by atoms with E-state index < -0.39 is 11.6 Å². The van der Waals surface area contributed by atoms with E-state index in [0.717, 1.165) is 0 Å². The van der Waals surface area contributed by atoms with Gasteiger partial charge in [0.1, 0.15) is 0 Å². The van der Waals surface area contributed by atoms with Gasteiger partial charge in [-0.25, -0.2) is 9.98 Å². The molecule has 0 aromatic heterocycles. The third kappa shape index (κ3) is 1.43. The Hall–Kier alpha value is -2.49. The zero-order chi connectivity index (χ0) is 12.6. The second-order valence-electron chi connectivity index (χ2n) is 4.11. The highest BCUT2D eigenvalue weighted by Crippen LogP contribution is 2.27. The average Bonchev–Trinajstić information content (AvgIpc) is 2.80. The van der Waals surface area contributed by atoms with Crippen LogP contribution in [0.3, 0.4) is 0 Å². The van der Waals surface area contributed by atoms with Crippen molar-refractivity contribution >= 4 is 5.91 Å². The van der Waals surface area contributed by atoms with Gasteiger partial charge in [-0.05, 0) is 12.1 Å². The van der Waals surface area contributed by atoms with Crippen molar-refractivity contribution in [2.45, 2.75) is 5.66 Å². The molecular weight excluding hydrogens is 226 g/mol. The van der Waals surface area contributed by atoms with Crippen LogP contribution in [-0.2, 0) is 10.5 Å². The standard InChI is InChI=1S/C14H11N3O/c15-13(18)14(10-6-2-1-3-7-10)16-11-8-4-5-9-12(11)17-14/h1-9H,(H2,15,18). The van der Waals surface area contributed by atoms with E-state index in [0.29, 0.717) is 16.3 Å². The molecule has 1 aliphatic rings. The van der Waals surface area contributed by atoms with Crippen LogP contribution in [0.2, 0.25) is 0 Å². The van der Waals surface area contributed by atoms with Gasteiger partial charge in [0.25, 0.3) is 11.6 Å². The van der Waals surface area contributed by atoms with Crippen molar-refractivity contribution in [3.63, 3.8) is 0 Å². The average molecular weight is 237 g/mol. The highest BCUT2D eigenvalue weighted by atomic mass is 16.2. The summed E-state index contributed by atoms with van der Waals surface area (Å²) in [6, 6.07) is 16.6. The Bertz CT molecular complexity index is 687. The minimum absolute atomic E-state index is 0.565. The maximum Gasteiger partial charge on any atom is 0.272 e. The molecule has 2 N–H and O–H groups in total. The molecule has 0 aliphatic carbocycles. The Kier molecular flexibility index (Phi) is 2.23. The maximum absolute atomic E-state index is 11.8. The van der Waals surface area contributed by atoms with Gasteiger partial charge in [0.05, 0.1) is 10.7 Å². The number of amides is 1. The summed E-state index contributed by atoms with van der Waals surface area (Å²) < 4.78 is 0. The van der Waals surface area contributed by atoms with Crippen molar-refractivity contribution in [2.75, 3.05) is 0 Å². The predicted octanol–water partition coefficient (Wildman–Crippen LogP) is 0.278. The summed E-state index contributed by atoms with van der Waals surface area (Å²) in [6.07, 6.45) is 0. The Morgan fingerprint density at radius 2 is 1.39 bits per heavy atom. The Morgan fingerprint density at radius 1 is 0.889 bits per heavy atom. The fourth-order valence-electron chi connectivity index (χ4n) is 2.08. The summed E-state index contributed by atoms with van der Waals surface area (Å²) in [6.45, 7) is 0. The molecule has 0 radical (unpaired) electrons. The number of para-hydroxylation sites is 2. The van der Waals surface area contributed by atoms with E-state index in [-0.39, 0.29) is 0 Å². The van der Waals surface area contributed by atoms with Crippen LogP contribution in [0.1, 0.15) is 5.56 Å². The van der Waals surface area contributed by atoms with Gasteiger partial charge in [0.2, 0.25) is 0 Å². The van der Waals surface area contributed by atoms with Gasteiger partial charge >= 0.3 is 0 Å². The molecule has 1 heterocycles. The summed E-state index contributed by atoms with van der Waals surface area (Å²) in [5.41, 5.74) is 4.89. The van der Waals surface area contributed by atoms with Crippen LogP contribution in [0, 0.1) is 0 Å². The first-order valence-electron chi connectivity index (χ1n) is 5.63. The molecule has 88 valence electrons. The van der Waals surface area contributed by atoms with Gasteiger partial charge in [-0.15, -0.1) is 0 Å². The molecule has 0 unspecified atom stereocenters. The number of nitrogens with two attached hydrogens (primary N) is 1. The molecule has 0 spiro atoms. The van der Waals surface area contributed by atoms with Crippen LogP contribution >= 0.6 is 0 Å². The molecule has 18 heavy (non-hydrogen) atoms. The number of carbonyl (C=O) groups excluding carboxylic acids is 1. The zero-order valence-corrected chi connectivity index (χ0v) is 9.58. The highest BCUT2D eigenvalue weighted by Gasteiger charge is 2.39. The third-order valence-electron chi connectivity index (χ3n) is 2.97. The van der Waals surface area contributed by atoms with Gasteiger partial charge in [-0.1, -0.05) is 42.5 Å². The summed E-state index contributed by atoms with van der Waals surface area (Å²) in [7, 11) is 0. The van der Waals surface area contributed by atoms with E-state index in [1.54, 1.807) is 0 Å². The Labute approximate surface area is 104 Å². The molecule has 0 atom stereocenters. The van der Waals surface area contributed by atoms with Crippen molar-refractivity contribution < 1.29 is 4.79 Å². The molecule has 0 fully saturated rings. The number of hydrogen-bond donors (Lipinski definition) is 1. The Morgan fingerprint density at radius 3 is 1.89 bits per heavy atom. The number of nitrogens with zero attached hydrogens (tertiary/aromatic N) is 2. The third-order valence-corrected chi connectivity index (χ3v) is 2.97. The molecule has 2 aromatic carbocycles. The van der Waals surface area contributed by atoms with E-state index in [1.165, 1.54) is 0 Å². The van der Waals surface area contributed by atoms with E-state index >= 15 is 0 Å². The Balaban J connectivity index is 2.30. The maximum atomic E-state index is 11.8. The van der Waals surface area contributed by atoms with Gasteiger partial charge in [-0.2, -0.15) is 0 Å². The van der Waals surface area contributed by atoms with Crippen molar-refractivity contribution in [3.05, 3.63) is 70.9 Å². The number of hydrogen-bond acceptors (Lipinski definition) is 3. The molecule has 0 bridgehead atoms. The number of benzene rings is 2. The second-order valence-corrected chi connectivity index (χ2v) is 4.11. The van der Waals surface area contributed by atoms with Crippen LogP contribution in [0.5, 0.6) is 0 Å². The first kappa shape index (κ1) is 10.7. The van der Waals surface area contributed by atoms with Crippen LogP contribution in [-0.4, -0.2) is 5.91 Å². The van der Waals surface area contributed by atoms with Crippen LogP contribution in [0.4, 0.5) is 0 Å². The second kappa shape index (κ2) is 3.77. The quantitative estimate of drug-likeness (QED) is 0.800. The van der Waals surface area contributed by atoms with Crippen molar-refractivity contribution in [1.82, 2.24) is 0 Å². The van der Waals surface area contributed by atoms with E-state index in [9.17, 15) is 4.79 Å². The largest absolute Gasteiger partial charge is 0.366 e. The van der Waals surface area contributed by atoms with Crippen molar-refractivity contribution in [3.8, 4) is 0 Å². The summed E-state index contributed by atoms with van der Waals surface area (Å²) in [5, 5.41) is 1.39. The van der Waals surface area contributed by atoms with Gasteiger partial charge in [-0.3, -0.25) is 4.79 Å². The smallest absolute Gasteiger partial charge is 0.272 e. The normalized spacial score (nSPS) is 15.3. The van der Waals surface area contributed by atoms with Crippen LogP contribution in [0.25, 0.3) is 0 Å². The SMILES string of the molecule is NC(=O)C1(c2ccccc2)N=c2ccccc2=N1. The van der Waals surface area contributed by atoms with Crippen LogP contribution < -0.4 is 16.4 Å². The van der Waals surface area contributed by atoms with E-state index in [1.807, 2.05) is 54.6 Å². The topological polar surface area (TPSA) is 67.8 Å². The summed E-state index contributed by atoms with van der Waals surface area (Å²) in [5.74, 6) is -0.565. The van der Waals surface area contributed by atoms with E-state index in [4.69, 9.17) is 5.73 Å². The molecule has 1 aliphatic heterocycles. The fourth-order valence-corrected chi connectivity index (χ4v) is 2.08. The minimum Gasteiger partial charge on any atom is -0.366 e. The minimum atomic E-state index is -1.31. The van der Waals surface area contributed by atoms with Crippen molar-refractivity contribution in [1.29, 1.82) is 0 Å². The van der Waals surface area contributed by atoms with Gasteiger partial charge in [0.15, 0.2) is 0 Å². The number of primary amides is 1. The lowest BCUT2D eigenvalue weighted by Gasteiger charge is -2.19. The molecule has 4 nitrogen and oxygen atoms in total.